The van der Waals surface area contributed by atoms with Gasteiger partial charge in [0, 0.05) is 12.8 Å². The summed E-state index contributed by atoms with van der Waals surface area (Å²) in [5.74, 6) is -1.21. The van der Waals surface area contributed by atoms with Gasteiger partial charge in [0.05, 0.1) is 52.2 Å². The Bertz CT molecular complexity index is 1320. The van der Waals surface area contributed by atoms with Crippen LogP contribution < -0.4 is 0 Å². The van der Waals surface area contributed by atoms with Crippen LogP contribution in [0.4, 0.5) is 0 Å². The van der Waals surface area contributed by atoms with Gasteiger partial charge in [0.25, 0.3) is 0 Å². The molecule has 14 heteroatoms. The minimum Gasteiger partial charge on any atom is -0.462 e. The third kappa shape index (κ3) is 40.7. The maximum Gasteiger partial charge on any atom is 0.472 e. The number of aliphatic hydroxyl groups is 4. The minimum atomic E-state index is -4.49. The topological polar surface area (TPSA) is 189 Å². The van der Waals surface area contributed by atoms with Crippen LogP contribution >= 0.6 is 7.82 Å². The Kier molecular flexibility index (Phi) is 35.2. The van der Waals surface area contributed by atoms with E-state index in [2.05, 4.69) is 6.92 Å². The van der Waals surface area contributed by atoms with Crippen LogP contribution in [0.2, 0.25) is 0 Å². The van der Waals surface area contributed by atoms with Crippen molar-refractivity contribution in [3.8, 4) is 0 Å². The fraction of sp³-hybridized carbons (Fsp3) is 0.696. The summed E-state index contributed by atoms with van der Waals surface area (Å²) in [6, 6.07) is 0. The molecule has 6 unspecified atom stereocenters. The molecule has 0 saturated heterocycles. The van der Waals surface area contributed by atoms with Gasteiger partial charge in [-0.25, -0.2) is 4.57 Å². The molecule has 0 saturated carbocycles. The summed E-state index contributed by atoms with van der Waals surface area (Å²) in [4.78, 5) is 35.4. The standard InChI is InChI=1S/C46H80NO12P/c1-6-7-8-9-10-11-12-13-14-15-16-17-26-31-45(52)56-38-44(39-58-60(54,55)57-37-36-47(3,4)5)59-46(53)35-34-43(51)33-32-42(50)30-25-21-20-24-29-41(49)28-23-19-18-22-27-40(2)48/h19-25,27,29-30,32-33,40-44,48-51H,6-18,26,28,31,34-39H2,1-5H3/p+1/b21-20+,23-19+,27-22-,29-24-,30-25+,33-32+. The molecule has 0 aliphatic heterocycles. The van der Waals surface area contributed by atoms with E-state index in [4.69, 9.17) is 18.5 Å². The van der Waals surface area contributed by atoms with Crippen molar-refractivity contribution in [2.45, 2.75) is 160 Å². The van der Waals surface area contributed by atoms with Crippen LogP contribution in [0.25, 0.3) is 0 Å². The Labute approximate surface area is 361 Å². The highest BCUT2D eigenvalue weighted by atomic mass is 31.2. The second kappa shape index (κ2) is 36.9. The largest absolute Gasteiger partial charge is 0.472 e. The Hall–Kier alpha value is -2.71. The van der Waals surface area contributed by atoms with E-state index in [0.29, 0.717) is 30.3 Å². The zero-order valence-corrected chi connectivity index (χ0v) is 38.3. The first kappa shape index (κ1) is 57.3. The van der Waals surface area contributed by atoms with Crippen molar-refractivity contribution in [3.05, 3.63) is 72.9 Å². The van der Waals surface area contributed by atoms with Gasteiger partial charge in [-0.15, -0.1) is 0 Å². The molecule has 0 fully saturated rings. The Morgan fingerprint density at radius 2 is 1.25 bits per heavy atom. The number of phosphoric ester groups is 1. The number of allylic oxidation sites excluding steroid dienone is 6. The van der Waals surface area contributed by atoms with Crippen LogP contribution in [0.5, 0.6) is 0 Å². The van der Waals surface area contributed by atoms with Gasteiger partial charge in [-0.05, 0) is 32.6 Å². The maximum absolute atomic E-state index is 12.7. The van der Waals surface area contributed by atoms with Gasteiger partial charge in [0.2, 0.25) is 0 Å². The van der Waals surface area contributed by atoms with Crippen LogP contribution in [0.3, 0.4) is 0 Å². The van der Waals surface area contributed by atoms with E-state index in [1.807, 2.05) is 39.4 Å². The molecule has 0 radical (unpaired) electrons. The maximum atomic E-state index is 12.7. The van der Waals surface area contributed by atoms with Crippen molar-refractivity contribution < 1.29 is 62.5 Å². The number of likely N-dealkylation sites (N-methyl/N-ethyl adjacent to an activating group) is 1. The van der Waals surface area contributed by atoms with Crippen molar-refractivity contribution in [3.63, 3.8) is 0 Å². The van der Waals surface area contributed by atoms with Crippen molar-refractivity contribution >= 4 is 19.8 Å². The quantitative estimate of drug-likeness (QED) is 0.0100. The van der Waals surface area contributed by atoms with Crippen LogP contribution in [0, 0.1) is 0 Å². The van der Waals surface area contributed by atoms with Crippen LogP contribution in [0.1, 0.15) is 129 Å². The molecule has 0 aliphatic carbocycles. The molecule has 5 N–H and O–H groups in total. The Morgan fingerprint density at radius 3 is 1.85 bits per heavy atom. The number of nitrogens with zero attached hydrogens (tertiary/aromatic N) is 1. The van der Waals surface area contributed by atoms with Crippen LogP contribution in [-0.4, -0.2) is 120 Å². The zero-order valence-electron chi connectivity index (χ0n) is 37.4. The van der Waals surface area contributed by atoms with E-state index >= 15 is 0 Å². The predicted molar refractivity (Wildman–Crippen MR) is 239 cm³/mol. The number of carbonyl (C=O) groups excluding carboxylic acids is 2. The highest BCUT2D eigenvalue weighted by Gasteiger charge is 2.27. The second-order valence-electron chi connectivity index (χ2n) is 16.2. The minimum absolute atomic E-state index is 0.0361. The van der Waals surface area contributed by atoms with Gasteiger partial charge in [-0.2, -0.15) is 0 Å². The third-order valence-electron chi connectivity index (χ3n) is 9.03. The summed E-state index contributed by atoms with van der Waals surface area (Å²) in [7, 11) is 1.21. The van der Waals surface area contributed by atoms with Gasteiger partial charge in [-0.3, -0.25) is 18.6 Å². The SMILES string of the molecule is CCCCCCCCCCCCCCCC(=O)OCC(COP(=O)(O)OCC[N+](C)(C)C)OC(=O)CCC(O)/C=C/C(O)/C=C/C=C/C=C\C(O)C/C=C/C/C=C\C(C)O. The normalized spacial score (nSPS) is 16.4. The van der Waals surface area contributed by atoms with E-state index in [9.17, 15) is 39.5 Å². The predicted octanol–water partition coefficient (Wildman–Crippen LogP) is 8.12. The molecule has 0 aromatic heterocycles. The monoisotopic (exact) mass is 871 g/mol. The van der Waals surface area contributed by atoms with E-state index in [1.54, 1.807) is 43.4 Å². The van der Waals surface area contributed by atoms with Gasteiger partial charge in [0.15, 0.2) is 6.10 Å². The first-order valence-electron chi connectivity index (χ1n) is 22.0. The number of quaternary nitrogens is 1. The van der Waals surface area contributed by atoms with Gasteiger partial charge >= 0.3 is 19.8 Å². The molecular formula is C46H81NO12P+. The molecule has 0 heterocycles. The molecule has 13 nitrogen and oxygen atoms in total. The first-order chi connectivity index (χ1) is 28.5. The number of hydrogen-bond acceptors (Lipinski definition) is 11. The highest BCUT2D eigenvalue weighted by Crippen LogP contribution is 2.43. The summed E-state index contributed by atoms with van der Waals surface area (Å²) in [6.45, 7) is 3.37. The summed E-state index contributed by atoms with van der Waals surface area (Å²) >= 11 is 0. The molecule has 0 aromatic carbocycles. The number of esters is 2. The lowest BCUT2D eigenvalue weighted by Crippen LogP contribution is -2.37. The molecule has 0 aromatic rings. The molecule has 0 rings (SSSR count). The Balaban J connectivity index is 4.78. The molecule has 0 amide bonds. The zero-order chi connectivity index (χ0) is 44.9. The van der Waals surface area contributed by atoms with Crippen molar-refractivity contribution in [1.82, 2.24) is 0 Å². The smallest absolute Gasteiger partial charge is 0.462 e. The lowest BCUT2D eigenvalue weighted by atomic mass is 10.0. The van der Waals surface area contributed by atoms with Crippen molar-refractivity contribution in [2.24, 2.45) is 0 Å². The molecule has 0 spiro atoms. The van der Waals surface area contributed by atoms with E-state index in [1.165, 1.54) is 76.0 Å². The van der Waals surface area contributed by atoms with Gasteiger partial charge < -0.3 is 39.3 Å². The average molecular weight is 871 g/mol. The summed E-state index contributed by atoms with van der Waals surface area (Å²) in [6.07, 6.45) is 31.9. The van der Waals surface area contributed by atoms with Gasteiger partial charge in [-0.1, -0.05) is 157 Å². The van der Waals surface area contributed by atoms with Crippen LogP contribution in [-0.2, 0) is 32.7 Å². The number of aliphatic hydroxyl groups excluding tert-OH is 4. The fourth-order valence-corrected chi connectivity index (χ4v) is 6.22. The Morgan fingerprint density at radius 1 is 0.650 bits per heavy atom. The molecule has 0 bridgehead atoms. The average Bonchev–Trinajstić information content (AvgIpc) is 3.18. The highest BCUT2D eigenvalue weighted by molar-refractivity contribution is 7.47. The lowest BCUT2D eigenvalue weighted by Gasteiger charge is -2.24. The summed E-state index contributed by atoms with van der Waals surface area (Å²) in [5.41, 5.74) is 0. The fourth-order valence-electron chi connectivity index (χ4n) is 5.48. The van der Waals surface area contributed by atoms with E-state index in [-0.39, 0.29) is 32.5 Å². The first-order valence-corrected chi connectivity index (χ1v) is 23.5. The molecule has 0 aliphatic rings. The van der Waals surface area contributed by atoms with E-state index < -0.39 is 56.9 Å². The molecular weight excluding hydrogens is 789 g/mol. The molecule has 6 atom stereocenters. The summed E-state index contributed by atoms with van der Waals surface area (Å²) < 4.78 is 33.9. The number of hydrogen-bond donors (Lipinski definition) is 5. The molecule has 346 valence electrons. The van der Waals surface area contributed by atoms with Crippen molar-refractivity contribution in [1.29, 1.82) is 0 Å². The number of phosphoric acid groups is 1. The lowest BCUT2D eigenvalue weighted by molar-refractivity contribution is -0.870. The third-order valence-corrected chi connectivity index (χ3v) is 10.0. The van der Waals surface area contributed by atoms with Crippen molar-refractivity contribution in [2.75, 3.05) is 47.5 Å². The molecule has 60 heavy (non-hydrogen) atoms. The number of carbonyl (C=O) groups is 2. The second-order valence-corrected chi connectivity index (χ2v) is 17.7. The van der Waals surface area contributed by atoms with E-state index in [0.717, 1.165) is 19.3 Å². The van der Waals surface area contributed by atoms with Gasteiger partial charge in [0.1, 0.15) is 19.8 Å². The number of ether oxygens (including phenoxy) is 2. The van der Waals surface area contributed by atoms with Crippen LogP contribution in [0.15, 0.2) is 72.9 Å². The number of unbranched alkanes of at least 4 members (excludes halogenated alkanes) is 12. The number of rotatable bonds is 38. The summed E-state index contributed by atoms with van der Waals surface area (Å²) in [5, 5.41) is 39.8.